The molecule has 2 aromatic rings. The van der Waals surface area contributed by atoms with Gasteiger partial charge in [0, 0.05) is 0 Å². The molecule has 0 bridgehead atoms. The van der Waals surface area contributed by atoms with Crippen LogP contribution in [0.2, 0.25) is 0 Å². The van der Waals surface area contributed by atoms with Gasteiger partial charge in [0.2, 0.25) is 0 Å². The molecule has 3 N–H and O–H groups in total. The Bertz CT molecular complexity index is 392. The first-order chi connectivity index (χ1) is 5.27. The topological polar surface area (TPSA) is 41.8 Å². The number of fused-ring (bicyclic) bond motifs is 1. The van der Waals surface area contributed by atoms with Crippen LogP contribution in [0.4, 0.5) is 5.69 Å². The molecule has 2 nitrogen and oxygen atoms in total. The molecule has 0 aliphatic carbocycles. The SMILES string of the molecule is Nc1c[c]([Ga])cc2cc[nH]c12. The molecule has 0 saturated carbocycles. The van der Waals surface area contributed by atoms with Crippen LogP contribution in [0.1, 0.15) is 0 Å². The average Bonchev–Trinajstić information content (AvgIpc) is 2.34. The number of nitrogens with one attached hydrogen (secondary N) is 1. The molecular weight excluding hydrogens is 194 g/mol. The van der Waals surface area contributed by atoms with Crippen LogP contribution in [-0.4, -0.2) is 23.6 Å². The third-order valence-corrected chi connectivity index (χ3v) is 2.41. The molecule has 0 unspecified atom stereocenters. The molecular formula is C8H7GaN2. The fourth-order valence-corrected chi connectivity index (χ4v) is 1.98. The number of aromatic amines is 1. The second-order valence-electron chi connectivity index (χ2n) is 2.55. The van der Waals surface area contributed by atoms with E-state index < -0.39 is 0 Å². The van der Waals surface area contributed by atoms with Crippen molar-refractivity contribution in [3.63, 3.8) is 0 Å². The Hall–Kier alpha value is -0.804. The van der Waals surface area contributed by atoms with Crippen molar-refractivity contribution in [2.75, 3.05) is 5.73 Å². The second kappa shape index (κ2) is 2.36. The fourth-order valence-electron chi connectivity index (χ4n) is 1.22. The molecule has 11 heavy (non-hydrogen) atoms. The van der Waals surface area contributed by atoms with Gasteiger partial charge >= 0.3 is 74.4 Å². The summed E-state index contributed by atoms with van der Waals surface area (Å²) in [4.78, 5) is 3.10. The normalized spacial score (nSPS) is 10.5. The van der Waals surface area contributed by atoms with Crippen molar-refractivity contribution < 1.29 is 0 Å². The van der Waals surface area contributed by atoms with Crippen LogP contribution in [0.25, 0.3) is 10.9 Å². The molecule has 0 saturated heterocycles. The van der Waals surface area contributed by atoms with Gasteiger partial charge in [-0.25, -0.2) is 0 Å². The molecule has 1 heterocycles. The van der Waals surface area contributed by atoms with Gasteiger partial charge in [0.05, 0.1) is 0 Å². The minimum absolute atomic E-state index is 0.840. The first-order valence-corrected chi connectivity index (χ1v) is 4.60. The Morgan fingerprint density at radius 1 is 1.36 bits per heavy atom. The standard InChI is InChI=1S/C8H7N2.Ga/c9-7-3-1-2-6-4-5-10-8(6)7;/h2-5,10H,9H2;. The van der Waals surface area contributed by atoms with Crippen molar-refractivity contribution >= 4 is 39.3 Å². The Morgan fingerprint density at radius 3 is 3.00 bits per heavy atom. The number of rotatable bonds is 0. The molecule has 0 fully saturated rings. The number of nitrogens with two attached hydrogens (primary N) is 1. The van der Waals surface area contributed by atoms with Crippen molar-refractivity contribution in [1.82, 2.24) is 4.98 Å². The van der Waals surface area contributed by atoms with Crippen molar-refractivity contribution in [3.05, 3.63) is 24.4 Å². The molecule has 0 amide bonds. The van der Waals surface area contributed by atoms with Gasteiger partial charge in [-0.1, -0.05) is 0 Å². The number of hydrogen-bond acceptors (Lipinski definition) is 1. The van der Waals surface area contributed by atoms with E-state index in [0.717, 1.165) is 11.2 Å². The number of anilines is 1. The van der Waals surface area contributed by atoms with E-state index in [0.29, 0.717) is 0 Å². The Kier molecular flexibility index (Phi) is 1.47. The number of aromatic nitrogens is 1. The van der Waals surface area contributed by atoms with Crippen LogP contribution in [0.15, 0.2) is 24.4 Å². The van der Waals surface area contributed by atoms with Gasteiger partial charge < -0.3 is 0 Å². The Balaban J connectivity index is 2.91. The average molecular weight is 201 g/mol. The van der Waals surface area contributed by atoms with E-state index >= 15 is 0 Å². The second-order valence-corrected chi connectivity index (χ2v) is 3.95. The maximum atomic E-state index is 5.78. The van der Waals surface area contributed by atoms with E-state index in [1.807, 2.05) is 18.3 Å². The van der Waals surface area contributed by atoms with E-state index in [4.69, 9.17) is 5.73 Å². The summed E-state index contributed by atoms with van der Waals surface area (Å²) in [7, 11) is 0. The molecule has 0 aliphatic rings. The number of nitrogen functional groups attached to an aromatic ring is 1. The van der Waals surface area contributed by atoms with Crippen LogP contribution >= 0.6 is 0 Å². The van der Waals surface area contributed by atoms with Crippen LogP contribution in [0.5, 0.6) is 0 Å². The summed E-state index contributed by atoms with van der Waals surface area (Å²) in [5, 5.41) is 1.20. The Morgan fingerprint density at radius 2 is 2.18 bits per heavy atom. The van der Waals surface area contributed by atoms with E-state index in [2.05, 4.69) is 11.1 Å². The summed E-state index contributed by atoms with van der Waals surface area (Å²) in [6, 6.07) is 6.18. The van der Waals surface area contributed by atoms with Crippen LogP contribution in [-0.2, 0) is 0 Å². The summed E-state index contributed by atoms with van der Waals surface area (Å²) < 4.78 is 1.27. The molecule has 2 rings (SSSR count). The van der Waals surface area contributed by atoms with Crippen molar-refractivity contribution in [2.24, 2.45) is 0 Å². The van der Waals surface area contributed by atoms with Gasteiger partial charge in [0.15, 0.2) is 0 Å². The predicted molar refractivity (Wildman–Crippen MR) is 48.1 cm³/mol. The molecule has 1 aromatic heterocycles. The Labute approximate surface area is 74.7 Å². The van der Waals surface area contributed by atoms with Crippen LogP contribution in [0.3, 0.4) is 0 Å². The summed E-state index contributed by atoms with van der Waals surface area (Å²) in [5.41, 5.74) is 7.67. The molecule has 0 aliphatic heterocycles. The maximum absolute atomic E-state index is 5.78. The zero-order valence-electron chi connectivity index (χ0n) is 5.96. The van der Waals surface area contributed by atoms with Gasteiger partial charge in [-0.05, 0) is 0 Å². The van der Waals surface area contributed by atoms with Crippen molar-refractivity contribution in [3.8, 4) is 0 Å². The monoisotopic (exact) mass is 200 g/mol. The minimum atomic E-state index is 0.840. The van der Waals surface area contributed by atoms with E-state index in [1.54, 1.807) is 18.6 Å². The summed E-state index contributed by atoms with van der Waals surface area (Å²) in [6.45, 7) is 0. The molecule has 0 spiro atoms. The third kappa shape index (κ3) is 1.06. The van der Waals surface area contributed by atoms with Crippen LogP contribution < -0.4 is 9.85 Å². The molecule has 0 atom stereocenters. The summed E-state index contributed by atoms with van der Waals surface area (Å²) >= 11 is 1.60. The first-order valence-electron chi connectivity index (χ1n) is 3.39. The molecule has 2 radical (unpaired) electrons. The quantitative estimate of drug-likeness (QED) is 0.474. The number of benzene rings is 1. The third-order valence-electron chi connectivity index (χ3n) is 1.71. The van der Waals surface area contributed by atoms with E-state index in [-0.39, 0.29) is 0 Å². The zero-order valence-corrected chi connectivity index (χ0v) is 8.39. The van der Waals surface area contributed by atoms with E-state index in [9.17, 15) is 0 Å². The molecule has 3 heteroatoms. The van der Waals surface area contributed by atoms with Crippen molar-refractivity contribution in [2.45, 2.75) is 0 Å². The summed E-state index contributed by atoms with van der Waals surface area (Å²) in [6.07, 6.45) is 1.91. The zero-order chi connectivity index (χ0) is 7.84. The van der Waals surface area contributed by atoms with Crippen LogP contribution in [0, 0.1) is 0 Å². The first kappa shape index (κ1) is 6.88. The van der Waals surface area contributed by atoms with Gasteiger partial charge in [0.1, 0.15) is 0 Å². The number of hydrogen-bond donors (Lipinski definition) is 2. The van der Waals surface area contributed by atoms with E-state index in [1.165, 1.54) is 9.50 Å². The fraction of sp³-hybridized carbons (Fsp3) is 0. The predicted octanol–water partition coefficient (Wildman–Crippen LogP) is 0.544. The van der Waals surface area contributed by atoms with Crippen molar-refractivity contribution in [1.29, 1.82) is 0 Å². The van der Waals surface area contributed by atoms with Gasteiger partial charge in [-0.2, -0.15) is 0 Å². The van der Waals surface area contributed by atoms with Gasteiger partial charge in [-0.15, -0.1) is 0 Å². The van der Waals surface area contributed by atoms with Gasteiger partial charge in [-0.3, -0.25) is 0 Å². The number of H-pyrrole nitrogens is 1. The van der Waals surface area contributed by atoms with Gasteiger partial charge in [0.25, 0.3) is 0 Å². The molecule has 52 valence electrons. The summed E-state index contributed by atoms with van der Waals surface area (Å²) in [5.74, 6) is 0. The molecule has 1 aromatic carbocycles.